The van der Waals surface area contributed by atoms with Crippen LogP contribution in [0.5, 0.6) is 0 Å². The van der Waals surface area contributed by atoms with Gasteiger partial charge in [0.05, 0.1) is 11.1 Å². The van der Waals surface area contributed by atoms with Gasteiger partial charge in [-0.05, 0) is 30.9 Å². The molecule has 31 heavy (non-hydrogen) atoms. The first-order chi connectivity index (χ1) is 14.8. The number of hydrogen-bond acceptors (Lipinski definition) is 8. The van der Waals surface area contributed by atoms with Crippen LogP contribution in [0.25, 0.3) is 0 Å². The number of unbranched alkanes of at least 4 members (excludes halogenated alkanes) is 2. The minimum Gasteiger partial charge on any atom is -0.387 e. The lowest BCUT2D eigenvalue weighted by atomic mass is 9.97. The number of carbonyl (C=O) groups excluding carboxylic acids is 4. The molecule has 1 rings (SSSR count). The molecule has 0 fully saturated rings. The highest BCUT2D eigenvalue weighted by molar-refractivity contribution is 6.09. The predicted octanol–water partition coefficient (Wildman–Crippen LogP) is 3.11. The highest BCUT2D eigenvalue weighted by atomic mass is 16.6. The fourth-order valence-corrected chi connectivity index (χ4v) is 2.94. The molecule has 0 aromatic heterocycles. The number of carbonyl (C=O) groups is 4. The Bertz CT molecular complexity index is 771. The Morgan fingerprint density at radius 2 is 1.32 bits per heavy atom. The summed E-state index contributed by atoms with van der Waals surface area (Å²) in [5, 5.41) is 19.7. The van der Waals surface area contributed by atoms with Crippen LogP contribution >= 0.6 is 0 Å². The maximum atomic E-state index is 12.7. The first-order valence-corrected chi connectivity index (χ1v) is 10.8. The maximum Gasteiger partial charge on any atom is 0.347 e. The molecule has 172 valence electrons. The Morgan fingerprint density at radius 1 is 0.806 bits per heavy atom. The topological polar surface area (TPSA) is 127 Å². The van der Waals surface area contributed by atoms with E-state index in [0.717, 1.165) is 12.8 Å². The smallest absolute Gasteiger partial charge is 0.347 e. The molecule has 2 atom stereocenters. The van der Waals surface area contributed by atoms with Gasteiger partial charge < -0.3 is 19.7 Å². The molecule has 8 nitrogen and oxygen atoms in total. The second-order valence-corrected chi connectivity index (χ2v) is 7.32. The van der Waals surface area contributed by atoms with E-state index in [1.54, 1.807) is 6.07 Å². The van der Waals surface area contributed by atoms with E-state index in [-0.39, 0.29) is 24.0 Å². The lowest BCUT2D eigenvalue weighted by Gasteiger charge is -2.15. The molecular formula is C23H32O8. The van der Waals surface area contributed by atoms with Gasteiger partial charge in [0.2, 0.25) is 0 Å². The SMILES string of the molecule is CCCCC(O)C(=O)OC(=O)c1cccc(CCC)c1C(=O)OC(=O)C(O)CCCC. The Kier molecular flexibility index (Phi) is 11.7. The van der Waals surface area contributed by atoms with E-state index >= 15 is 0 Å². The van der Waals surface area contributed by atoms with Gasteiger partial charge in [-0.3, -0.25) is 0 Å². The molecule has 8 heteroatoms. The van der Waals surface area contributed by atoms with Crippen LogP contribution in [0.4, 0.5) is 0 Å². The fraction of sp³-hybridized carbons (Fsp3) is 0.565. The van der Waals surface area contributed by atoms with Gasteiger partial charge in [-0.15, -0.1) is 0 Å². The van der Waals surface area contributed by atoms with Crippen molar-refractivity contribution in [2.45, 2.75) is 84.3 Å². The number of hydrogen-bond donors (Lipinski definition) is 2. The van der Waals surface area contributed by atoms with Crippen molar-refractivity contribution in [2.24, 2.45) is 0 Å². The molecule has 0 aliphatic rings. The van der Waals surface area contributed by atoms with E-state index in [1.165, 1.54) is 12.1 Å². The van der Waals surface area contributed by atoms with Crippen LogP contribution in [0.15, 0.2) is 18.2 Å². The molecule has 1 aromatic carbocycles. The summed E-state index contributed by atoms with van der Waals surface area (Å²) in [6.07, 6.45) is 1.12. The molecule has 0 spiro atoms. The summed E-state index contributed by atoms with van der Waals surface area (Å²) < 4.78 is 9.56. The van der Waals surface area contributed by atoms with Crippen molar-refractivity contribution in [3.05, 3.63) is 34.9 Å². The van der Waals surface area contributed by atoms with Crippen molar-refractivity contribution in [3.8, 4) is 0 Å². The van der Waals surface area contributed by atoms with E-state index in [4.69, 9.17) is 9.47 Å². The van der Waals surface area contributed by atoms with Crippen LogP contribution in [0.3, 0.4) is 0 Å². The number of aliphatic hydroxyl groups excluding tert-OH is 2. The third kappa shape index (κ3) is 8.22. The van der Waals surface area contributed by atoms with Gasteiger partial charge >= 0.3 is 23.9 Å². The Labute approximate surface area is 182 Å². The normalized spacial score (nSPS) is 12.7. The lowest BCUT2D eigenvalue weighted by Crippen LogP contribution is -2.29. The zero-order valence-corrected chi connectivity index (χ0v) is 18.4. The average molecular weight is 437 g/mol. The summed E-state index contributed by atoms with van der Waals surface area (Å²) in [5.74, 6) is -4.43. The maximum absolute atomic E-state index is 12.7. The van der Waals surface area contributed by atoms with Crippen LogP contribution in [-0.4, -0.2) is 46.3 Å². The van der Waals surface area contributed by atoms with Crippen molar-refractivity contribution >= 4 is 23.9 Å². The summed E-state index contributed by atoms with van der Waals surface area (Å²) in [5.41, 5.74) is 0.000794. The number of esters is 4. The number of aryl methyl sites for hydroxylation is 1. The Morgan fingerprint density at radius 3 is 1.81 bits per heavy atom. The number of ether oxygens (including phenoxy) is 2. The molecular weight excluding hydrogens is 404 g/mol. The Balaban J connectivity index is 3.10. The average Bonchev–Trinajstić information content (AvgIpc) is 2.75. The monoisotopic (exact) mass is 436 g/mol. The van der Waals surface area contributed by atoms with Crippen molar-refractivity contribution < 1.29 is 38.9 Å². The van der Waals surface area contributed by atoms with Crippen LogP contribution in [0, 0.1) is 0 Å². The molecule has 0 radical (unpaired) electrons. The molecule has 0 bridgehead atoms. The fourth-order valence-electron chi connectivity index (χ4n) is 2.94. The molecule has 0 heterocycles. The number of aliphatic hydroxyl groups is 2. The van der Waals surface area contributed by atoms with E-state index in [2.05, 4.69) is 0 Å². The van der Waals surface area contributed by atoms with Crippen molar-refractivity contribution in [2.75, 3.05) is 0 Å². The lowest BCUT2D eigenvalue weighted by molar-refractivity contribution is -0.149. The first kappa shape index (κ1) is 26.5. The number of rotatable bonds is 12. The van der Waals surface area contributed by atoms with Gasteiger partial charge in [-0.1, -0.05) is 65.0 Å². The Hall–Kier alpha value is -2.58. The van der Waals surface area contributed by atoms with Gasteiger partial charge in [-0.25, -0.2) is 19.2 Å². The second kappa shape index (κ2) is 13.7. The second-order valence-electron chi connectivity index (χ2n) is 7.32. The van der Waals surface area contributed by atoms with E-state index < -0.39 is 36.1 Å². The molecule has 0 saturated carbocycles. The third-order valence-electron chi connectivity index (χ3n) is 4.69. The molecule has 0 aliphatic carbocycles. The third-order valence-corrected chi connectivity index (χ3v) is 4.69. The largest absolute Gasteiger partial charge is 0.387 e. The molecule has 2 unspecified atom stereocenters. The van der Waals surface area contributed by atoms with Gasteiger partial charge in [-0.2, -0.15) is 0 Å². The molecule has 0 amide bonds. The highest BCUT2D eigenvalue weighted by Gasteiger charge is 2.29. The molecule has 1 aromatic rings. The minimum atomic E-state index is -1.45. The quantitative estimate of drug-likeness (QED) is 0.378. The van der Waals surface area contributed by atoms with Crippen molar-refractivity contribution in [1.82, 2.24) is 0 Å². The first-order valence-electron chi connectivity index (χ1n) is 10.8. The van der Waals surface area contributed by atoms with E-state index in [1.807, 2.05) is 20.8 Å². The predicted molar refractivity (Wildman–Crippen MR) is 112 cm³/mol. The zero-order chi connectivity index (χ0) is 23.4. The summed E-state index contributed by atoms with van der Waals surface area (Å²) >= 11 is 0. The van der Waals surface area contributed by atoms with Gasteiger partial charge in [0, 0.05) is 0 Å². The van der Waals surface area contributed by atoms with Gasteiger partial charge in [0.25, 0.3) is 0 Å². The van der Waals surface area contributed by atoms with Crippen LogP contribution in [-0.2, 0) is 25.5 Å². The molecule has 0 aliphatic heterocycles. The van der Waals surface area contributed by atoms with Crippen LogP contribution in [0.1, 0.15) is 92.0 Å². The summed E-state index contributed by atoms with van der Waals surface area (Å²) in [4.78, 5) is 49.3. The number of benzene rings is 1. The van der Waals surface area contributed by atoms with Crippen LogP contribution in [0.2, 0.25) is 0 Å². The summed E-state index contributed by atoms with van der Waals surface area (Å²) in [7, 11) is 0. The van der Waals surface area contributed by atoms with Crippen molar-refractivity contribution in [3.63, 3.8) is 0 Å². The standard InChI is InChI=1S/C23H32O8/c1-4-7-13-17(24)21(27)30-20(26)16-12-9-11-15(10-6-3)19(16)23(29)31-22(28)18(25)14-8-5-2/h9,11-12,17-18,24-25H,4-8,10,13-14H2,1-3H3. The summed E-state index contributed by atoms with van der Waals surface area (Å²) in [6, 6.07) is 4.41. The minimum absolute atomic E-state index is 0.150. The summed E-state index contributed by atoms with van der Waals surface area (Å²) in [6.45, 7) is 5.65. The van der Waals surface area contributed by atoms with Gasteiger partial charge in [0.15, 0.2) is 12.2 Å². The van der Waals surface area contributed by atoms with Crippen LogP contribution < -0.4 is 0 Å². The van der Waals surface area contributed by atoms with Crippen molar-refractivity contribution in [1.29, 1.82) is 0 Å². The van der Waals surface area contributed by atoms with Gasteiger partial charge in [0.1, 0.15) is 0 Å². The molecule has 2 N–H and O–H groups in total. The van der Waals surface area contributed by atoms with E-state index in [9.17, 15) is 29.4 Å². The van der Waals surface area contributed by atoms with E-state index in [0.29, 0.717) is 31.2 Å². The molecule has 0 saturated heterocycles. The zero-order valence-electron chi connectivity index (χ0n) is 18.4. The highest BCUT2D eigenvalue weighted by Crippen LogP contribution is 2.20.